The highest BCUT2D eigenvalue weighted by atomic mass is 16.5. The zero-order chi connectivity index (χ0) is 15.7. The van der Waals surface area contributed by atoms with E-state index in [1.165, 1.54) is 0 Å². The van der Waals surface area contributed by atoms with Crippen molar-refractivity contribution in [3.63, 3.8) is 0 Å². The lowest BCUT2D eigenvalue weighted by Gasteiger charge is -2.17. The fourth-order valence-corrected chi connectivity index (χ4v) is 2.02. The highest BCUT2D eigenvalue weighted by molar-refractivity contribution is 6.01. The number of rotatable bonds is 9. The molecule has 0 saturated carbocycles. The fourth-order valence-electron chi connectivity index (χ4n) is 2.02. The summed E-state index contributed by atoms with van der Waals surface area (Å²) in [6, 6.07) is 6.90. The van der Waals surface area contributed by atoms with Crippen molar-refractivity contribution < 1.29 is 14.3 Å². The molecule has 116 valence electrons. The Kier molecular flexibility index (Phi) is 7.69. The molecule has 0 amide bonds. The molecule has 4 nitrogen and oxygen atoms in total. The van der Waals surface area contributed by atoms with Gasteiger partial charge in [0.2, 0.25) is 0 Å². The molecular formula is C17H25NO3. The Morgan fingerprint density at radius 3 is 2.43 bits per heavy atom. The standard InChI is InChI=1S/C17H25NO3/c1-4-6-11-18-15(12-16(19)21-5-2)17(20)14-9-7-13(3)8-10-14/h7-10,15,18H,4-6,11-12H2,1-3H3. The summed E-state index contributed by atoms with van der Waals surface area (Å²) < 4.78 is 4.95. The normalized spacial score (nSPS) is 12.0. The topological polar surface area (TPSA) is 55.4 Å². The number of esters is 1. The molecule has 4 heteroatoms. The van der Waals surface area contributed by atoms with Crippen LogP contribution in [0.4, 0.5) is 0 Å². The van der Waals surface area contributed by atoms with E-state index in [1.54, 1.807) is 19.1 Å². The van der Waals surface area contributed by atoms with Gasteiger partial charge < -0.3 is 10.1 Å². The van der Waals surface area contributed by atoms with Crippen LogP contribution in [0.1, 0.15) is 49.0 Å². The molecule has 1 atom stereocenters. The Morgan fingerprint density at radius 2 is 1.86 bits per heavy atom. The number of carbonyl (C=O) groups excluding carboxylic acids is 2. The first-order valence-corrected chi connectivity index (χ1v) is 7.58. The van der Waals surface area contributed by atoms with Crippen molar-refractivity contribution in [3.8, 4) is 0 Å². The summed E-state index contributed by atoms with van der Waals surface area (Å²) in [7, 11) is 0. The fraction of sp³-hybridized carbons (Fsp3) is 0.529. The van der Waals surface area contributed by atoms with E-state index in [9.17, 15) is 9.59 Å². The van der Waals surface area contributed by atoms with Gasteiger partial charge in [-0.2, -0.15) is 0 Å². The lowest BCUT2D eigenvalue weighted by Crippen LogP contribution is -2.39. The Hall–Kier alpha value is -1.68. The Morgan fingerprint density at radius 1 is 1.19 bits per heavy atom. The van der Waals surface area contributed by atoms with Crippen LogP contribution in [-0.2, 0) is 9.53 Å². The molecule has 1 aromatic rings. The van der Waals surface area contributed by atoms with Gasteiger partial charge in [0.15, 0.2) is 5.78 Å². The molecule has 1 unspecified atom stereocenters. The molecule has 0 aliphatic heterocycles. The van der Waals surface area contributed by atoms with Crippen LogP contribution < -0.4 is 5.32 Å². The van der Waals surface area contributed by atoms with Crippen molar-refractivity contribution in [1.29, 1.82) is 0 Å². The Balaban J connectivity index is 2.75. The van der Waals surface area contributed by atoms with Gasteiger partial charge in [0, 0.05) is 5.56 Å². The second-order valence-electron chi connectivity index (χ2n) is 5.10. The highest BCUT2D eigenvalue weighted by Crippen LogP contribution is 2.09. The minimum absolute atomic E-state index is 0.0563. The number of aryl methyl sites for hydroxylation is 1. The molecule has 0 aliphatic rings. The van der Waals surface area contributed by atoms with E-state index in [4.69, 9.17) is 4.74 Å². The van der Waals surface area contributed by atoms with Crippen LogP contribution in [0.3, 0.4) is 0 Å². The first-order valence-electron chi connectivity index (χ1n) is 7.58. The third kappa shape index (κ3) is 6.08. The van der Waals surface area contributed by atoms with Crippen LogP contribution in [-0.4, -0.2) is 30.9 Å². The number of carbonyl (C=O) groups is 2. The SMILES string of the molecule is CCCCNC(CC(=O)OCC)C(=O)c1ccc(C)cc1. The van der Waals surface area contributed by atoms with Crippen LogP contribution in [0.5, 0.6) is 0 Å². The monoisotopic (exact) mass is 291 g/mol. The third-order valence-electron chi connectivity index (χ3n) is 3.25. The predicted octanol–water partition coefficient (Wildman–Crippen LogP) is 2.89. The van der Waals surface area contributed by atoms with Gasteiger partial charge in [-0.1, -0.05) is 43.2 Å². The minimum atomic E-state index is -0.515. The molecule has 0 bridgehead atoms. The maximum Gasteiger partial charge on any atom is 0.307 e. The predicted molar refractivity (Wildman–Crippen MR) is 83.5 cm³/mol. The van der Waals surface area contributed by atoms with E-state index in [1.807, 2.05) is 19.1 Å². The van der Waals surface area contributed by atoms with Crippen molar-refractivity contribution in [2.45, 2.75) is 46.1 Å². The summed E-state index contributed by atoms with van der Waals surface area (Å²) >= 11 is 0. The number of benzene rings is 1. The third-order valence-corrected chi connectivity index (χ3v) is 3.25. The second kappa shape index (κ2) is 9.29. The molecule has 1 aromatic carbocycles. The van der Waals surface area contributed by atoms with Crippen molar-refractivity contribution >= 4 is 11.8 Å². The molecule has 21 heavy (non-hydrogen) atoms. The van der Waals surface area contributed by atoms with Crippen LogP contribution >= 0.6 is 0 Å². The lowest BCUT2D eigenvalue weighted by atomic mass is 10.0. The molecule has 0 saturated heterocycles. The zero-order valence-electron chi connectivity index (χ0n) is 13.1. The smallest absolute Gasteiger partial charge is 0.307 e. The number of unbranched alkanes of at least 4 members (excludes halogenated alkanes) is 1. The molecule has 0 aliphatic carbocycles. The number of nitrogens with one attached hydrogen (secondary N) is 1. The van der Waals surface area contributed by atoms with E-state index in [-0.39, 0.29) is 18.2 Å². The van der Waals surface area contributed by atoms with Gasteiger partial charge in [-0.25, -0.2) is 0 Å². The first kappa shape index (κ1) is 17.4. The maximum absolute atomic E-state index is 12.5. The maximum atomic E-state index is 12.5. The number of ketones is 1. The van der Waals surface area contributed by atoms with Crippen LogP contribution in [0, 0.1) is 6.92 Å². The van der Waals surface area contributed by atoms with E-state index >= 15 is 0 Å². The Labute approximate surface area is 126 Å². The average Bonchev–Trinajstić information content (AvgIpc) is 2.47. The van der Waals surface area contributed by atoms with Gasteiger partial charge >= 0.3 is 5.97 Å². The largest absolute Gasteiger partial charge is 0.466 e. The summed E-state index contributed by atoms with van der Waals surface area (Å²) in [5, 5.41) is 3.17. The summed E-state index contributed by atoms with van der Waals surface area (Å²) in [4.78, 5) is 24.2. The van der Waals surface area contributed by atoms with E-state index in [0.717, 1.165) is 24.9 Å². The molecule has 1 rings (SSSR count). The van der Waals surface area contributed by atoms with Crippen molar-refractivity contribution in [2.24, 2.45) is 0 Å². The average molecular weight is 291 g/mol. The van der Waals surface area contributed by atoms with Crippen LogP contribution in [0.15, 0.2) is 24.3 Å². The van der Waals surface area contributed by atoms with Gasteiger partial charge in [-0.15, -0.1) is 0 Å². The number of hydrogen-bond donors (Lipinski definition) is 1. The number of Topliss-reactive ketones (excluding diaryl/α,β-unsaturated/α-hetero) is 1. The van der Waals surface area contributed by atoms with Crippen LogP contribution in [0.25, 0.3) is 0 Å². The van der Waals surface area contributed by atoms with Crippen molar-refractivity contribution in [1.82, 2.24) is 5.32 Å². The van der Waals surface area contributed by atoms with Gasteiger partial charge in [0.05, 0.1) is 19.1 Å². The van der Waals surface area contributed by atoms with Crippen LogP contribution in [0.2, 0.25) is 0 Å². The van der Waals surface area contributed by atoms with E-state index in [0.29, 0.717) is 12.2 Å². The number of ether oxygens (including phenoxy) is 1. The van der Waals surface area contributed by atoms with E-state index in [2.05, 4.69) is 12.2 Å². The van der Waals surface area contributed by atoms with Crippen molar-refractivity contribution in [2.75, 3.05) is 13.2 Å². The quantitative estimate of drug-likeness (QED) is 0.432. The molecule has 0 aromatic heterocycles. The van der Waals surface area contributed by atoms with Crippen molar-refractivity contribution in [3.05, 3.63) is 35.4 Å². The Bertz CT molecular complexity index is 454. The summed E-state index contributed by atoms with van der Waals surface area (Å²) in [6.45, 7) is 6.88. The highest BCUT2D eigenvalue weighted by Gasteiger charge is 2.23. The second-order valence-corrected chi connectivity index (χ2v) is 5.10. The molecular weight excluding hydrogens is 266 g/mol. The zero-order valence-corrected chi connectivity index (χ0v) is 13.1. The summed E-state index contributed by atoms with van der Waals surface area (Å²) in [5.41, 5.74) is 1.73. The van der Waals surface area contributed by atoms with Gasteiger partial charge in [0.25, 0.3) is 0 Å². The molecule has 0 heterocycles. The van der Waals surface area contributed by atoms with Gasteiger partial charge in [-0.3, -0.25) is 9.59 Å². The minimum Gasteiger partial charge on any atom is -0.466 e. The van der Waals surface area contributed by atoms with Gasteiger partial charge in [-0.05, 0) is 26.8 Å². The van der Waals surface area contributed by atoms with E-state index < -0.39 is 6.04 Å². The molecule has 0 fully saturated rings. The lowest BCUT2D eigenvalue weighted by molar-refractivity contribution is -0.143. The molecule has 1 N–H and O–H groups in total. The first-order chi connectivity index (χ1) is 10.1. The molecule has 0 spiro atoms. The summed E-state index contributed by atoms with van der Waals surface area (Å²) in [5.74, 6) is -0.397. The number of hydrogen-bond acceptors (Lipinski definition) is 4. The molecule has 0 radical (unpaired) electrons. The van der Waals surface area contributed by atoms with Gasteiger partial charge in [0.1, 0.15) is 0 Å². The summed E-state index contributed by atoms with van der Waals surface area (Å²) in [6.07, 6.45) is 2.09.